The van der Waals surface area contributed by atoms with Gasteiger partial charge in [0, 0.05) is 11.9 Å². The summed E-state index contributed by atoms with van der Waals surface area (Å²) in [4.78, 5) is 41.8. The summed E-state index contributed by atoms with van der Waals surface area (Å²) in [6.07, 6.45) is 5.01. The molecule has 0 saturated carbocycles. The summed E-state index contributed by atoms with van der Waals surface area (Å²) in [6, 6.07) is 13.6. The molecule has 180 valence electrons. The van der Waals surface area contributed by atoms with E-state index in [1.54, 1.807) is 12.1 Å². The number of carbonyl (C=O) groups excluding carboxylic acids is 3. The van der Waals surface area contributed by atoms with Gasteiger partial charge in [0.1, 0.15) is 5.75 Å². The molecule has 0 spiro atoms. The largest absolute Gasteiger partial charge is 0.508 e. The van der Waals surface area contributed by atoms with Gasteiger partial charge in [0.25, 0.3) is 5.91 Å². The molecule has 0 radical (unpaired) electrons. The van der Waals surface area contributed by atoms with E-state index >= 15 is 0 Å². The summed E-state index contributed by atoms with van der Waals surface area (Å²) in [6.45, 7) is 1.89. The first kappa shape index (κ1) is 23.9. The van der Waals surface area contributed by atoms with E-state index in [9.17, 15) is 19.5 Å². The molecule has 0 bridgehead atoms. The lowest BCUT2D eigenvalue weighted by atomic mass is 10.0. The van der Waals surface area contributed by atoms with Crippen LogP contribution in [0.5, 0.6) is 5.75 Å². The number of hydrogen-bond donors (Lipinski definition) is 3. The maximum absolute atomic E-state index is 13.1. The third-order valence-corrected chi connectivity index (χ3v) is 5.78. The molecule has 1 heterocycles. The molecule has 4 rings (SSSR count). The van der Waals surface area contributed by atoms with Gasteiger partial charge in [-0.1, -0.05) is 43.7 Å². The minimum atomic E-state index is -0.699. The van der Waals surface area contributed by atoms with Crippen molar-refractivity contribution in [2.75, 3.05) is 13.2 Å². The molecular weight excluding hydrogens is 446 g/mol. The Morgan fingerprint density at radius 2 is 1.86 bits per heavy atom. The van der Waals surface area contributed by atoms with Crippen molar-refractivity contribution in [2.24, 2.45) is 0 Å². The average Bonchev–Trinajstić information content (AvgIpc) is 3.24. The van der Waals surface area contributed by atoms with E-state index < -0.39 is 24.5 Å². The topological polar surface area (TPSA) is 118 Å². The lowest BCUT2D eigenvalue weighted by Crippen LogP contribution is -2.41. The Hall–Kier alpha value is -4.20. The Balaban J connectivity index is 1.56. The first-order valence-electron chi connectivity index (χ1n) is 11.6. The monoisotopic (exact) mass is 473 g/mol. The SMILES string of the molecule is CCCCNC(=O)NC(=O)COC(=O)c1c2c(nc3ccccc13)/C(=C/c1ccc(O)cc1)CC2. The Labute approximate surface area is 203 Å². The highest BCUT2D eigenvalue weighted by Gasteiger charge is 2.28. The first-order valence-corrected chi connectivity index (χ1v) is 11.6. The number of hydrogen-bond acceptors (Lipinski definition) is 6. The van der Waals surface area contributed by atoms with Gasteiger partial charge in [-0.2, -0.15) is 0 Å². The lowest BCUT2D eigenvalue weighted by Gasteiger charge is -2.12. The zero-order valence-electron chi connectivity index (χ0n) is 19.5. The number of ether oxygens (including phenoxy) is 1. The van der Waals surface area contributed by atoms with Crippen LogP contribution in [0.2, 0.25) is 0 Å². The number of nitrogens with zero attached hydrogens (tertiary/aromatic N) is 1. The van der Waals surface area contributed by atoms with Crippen LogP contribution >= 0.6 is 0 Å². The van der Waals surface area contributed by atoms with E-state index in [1.165, 1.54) is 0 Å². The number of esters is 1. The predicted molar refractivity (Wildman–Crippen MR) is 133 cm³/mol. The second kappa shape index (κ2) is 10.8. The molecule has 0 unspecified atom stereocenters. The smallest absolute Gasteiger partial charge is 0.339 e. The fourth-order valence-corrected chi connectivity index (χ4v) is 4.07. The molecule has 0 saturated heterocycles. The highest BCUT2D eigenvalue weighted by atomic mass is 16.5. The molecule has 8 nitrogen and oxygen atoms in total. The van der Waals surface area contributed by atoms with Crippen LogP contribution in [-0.4, -0.2) is 41.1 Å². The van der Waals surface area contributed by atoms with Gasteiger partial charge in [-0.3, -0.25) is 10.1 Å². The summed E-state index contributed by atoms with van der Waals surface area (Å²) in [5, 5.41) is 14.9. The van der Waals surface area contributed by atoms with Crippen molar-refractivity contribution in [1.29, 1.82) is 0 Å². The van der Waals surface area contributed by atoms with E-state index in [0.29, 0.717) is 35.9 Å². The molecule has 2 aromatic carbocycles. The molecule has 3 amide bonds. The minimum absolute atomic E-state index is 0.190. The molecule has 1 aromatic heterocycles. The summed E-state index contributed by atoms with van der Waals surface area (Å²) >= 11 is 0. The van der Waals surface area contributed by atoms with Gasteiger partial charge in [0.15, 0.2) is 6.61 Å². The van der Waals surface area contributed by atoms with E-state index in [4.69, 9.17) is 9.72 Å². The van der Waals surface area contributed by atoms with Crippen LogP contribution in [0.15, 0.2) is 48.5 Å². The second-order valence-electron chi connectivity index (χ2n) is 8.33. The fourth-order valence-electron chi connectivity index (χ4n) is 4.07. The van der Waals surface area contributed by atoms with Gasteiger partial charge in [-0.05, 0) is 60.2 Å². The van der Waals surface area contributed by atoms with Crippen LogP contribution < -0.4 is 10.6 Å². The highest BCUT2D eigenvalue weighted by Crippen LogP contribution is 2.37. The Bertz CT molecular complexity index is 1300. The number of rotatable bonds is 7. The molecular formula is C27H27N3O5. The molecule has 8 heteroatoms. The van der Waals surface area contributed by atoms with Crippen molar-refractivity contribution in [2.45, 2.75) is 32.6 Å². The third-order valence-electron chi connectivity index (χ3n) is 5.78. The number of allylic oxidation sites excluding steroid dienone is 1. The lowest BCUT2D eigenvalue weighted by molar-refractivity contribution is -0.123. The van der Waals surface area contributed by atoms with Gasteiger partial charge in [-0.25, -0.2) is 14.6 Å². The number of unbranched alkanes of at least 4 members (excludes halogenated alkanes) is 1. The molecule has 3 aromatic rings. The second-order valence-corrected chi connectivity index (χ2v) is 8.33. The van der Waals surface area contributed by atoms with E-state index in [-0.39, 0.29) is 5.75 Å². The number of aromatic nitrogens is 1. The summed E-state index contributed by atoms with van der Waals surface area (Å²) in [7, 11) is 0. The molecule has 1 aliphatic rings. The van der Waals surface area contributed by atoms with Gasteiger partial charge < -0.3 is 15.2 Å². The number of carbonyl (C=O) groups is 3. The number of pyridine rings is 1. The molecule has 3 N–H and O–H groups in total. The maximum atomic E-state index is 13.1. The highest BCUT2D eigenvalue weighted by molar-refractivity contribution is 6.08. The predicted octanol–water partition coefficient (Wildman–Crippen LogP) is 4.21. The standard InChI is InChI=1S/C27H27N3O5/c1-2-3-14-28-27(34)30-23(32)16-35-26(33)24-20-6-4-5-7-22(20)29-25-18(10-13-21(24)25)15-17-8-11-19(31)12-9-17/h4-9,11-12,15,31H,2-3,10,13-14,16H2,1H3,(H2,28,30,32,34)/b18-15+. The quantitative estimate of drug-likeness (QED) is 0.350. The number of aromatic hydroxyl groups is 1. The summed E-state index contributed by atoms with van der Waals surface area (Å²) in [5.74, 6) is -1.14. The van der Waals surface area contributed by atoms with Crippen molar-refractivity contribution < 1.29 is 24.2 Å². The van der Waals surface area contributed by atoms with Crippen molar-refractivity contribution >= 4 is 40.5 Å². The number of imide groups is 1. The number of nitrogens with one attached hydrogen (secondary N) is 2. The van der Waals surface area contributed by atoms with Gasteiger partial charge in [0.05, 0.1) is 16.8 Å². The number of phenols is 1. The Morgan fingerprint density at radius 3 is 2.63 bits per heavy atom. The summed E-state index contributed by atoms with van der Waals surface area (Å²) < 4.78 is 5.31. The number of phenolic OH excluding ortho intramolecular Hbond substituents is 1. The number of fused-ring (bicyclic) bond motifs is 2. The van der Waals surface area contributed by atoms with Crippen molar-refractivity contribution in [3.63, 3.8) is 0 Å². The number of benzene rings is 2. The Kier molecular flexibility index (Phi) is 7.40. The normalized spacial score (nSPS) is 13.5. The summed E-state index contributed by atoms with van der Waals surface area (Å²) in [5.41, 5.74) is 4.43. The molecule has 35 heavy (non-hydrogen) atoms. The van der Waals surface area contributed by atoms with E-state index in [1.807, 2.05) is 49.4 Å². The van der Waals surface area contributed by atoms with Crippen LogP contribution in [0.3, 0.4) is 0 Å². The first-order chi connectivity index (χ1) is 17.0. The molecule has 0 aliphatic heterocycles. The van der Waals surface area contributed by atoms with Crippen LogP contribution in [0.25, 0.3) is 22.6 Å². The third kappa shape index (κ3) is 5.66. The number of amides is 3. The molecule has 0 atom stereocenters. The van der Waals surface area contributed by atoms with E-state index in [0.717, 1.165) is 35.2 Å². The zero-order chi connectivity index (χ0) is 24.8. The zero-order valence-corrected chi connectivity index (χ0v) is 19.5. The van der Waals surface area contributed by atoms with Gasteiger partial charge >= 0.3 is 12.0 Å². The van der Waals surface area contributed by atoms with Gasteiger partial charge in [-0.15, -0.1) is 0 Å². The van der Waals surface area contributed by atoms with Crippen molar-refractivity contribution in [1.82, 2.24) is 15.6 Å². The van der Waals surface area contributed by atoms with Crippen molar-refractivity contribution in [3.05, 3.63) is 70.9 Å². The number of urea groups is 1. The average molecular weight is 474 g/mol. The maximum Gasteiger partial charge on any atom is 0.339 e. The van der Waals surface area contributed by atoms with Crippen molar-refractivity contribution in [3.8, 4) is 5.75 Å². The van der Waals surface area contributed by atoms with Crippen LogP contribution in [0.1, 0.15) is 53.4 Å². The van der Waals surface area contributed by atoms with E-state index in [2.05, 4.69) is 10.6 Å². The van der Waals surface area contributed by atoms with Gasteiger partial charge in [0.2, 0.25) is 0 Å². The van der Waals surface area contributed by atoms with Crippen LogP contribution in [0, 0.1) is 0 Å². The Morgan fingerprint density at radius 1 is 1.09 bits per heavy atom. The minimum Gasteiger partial charge on any atom is -0.508 e. The number of para-hydroxylation sites is 1. The van der Waals surface area contributed by atoms with Crippen LogP contribution in [-0.2, 0) is 16.0 Å². The molecule has 1 aliphatic carbocycles. The molecule has 0 fully saturated rings. The van der Waals surface area contributed by atoms with Crippen LogP contribution in [0.4, 0.5) is 4.79 Å². The fraction of sp³-hybridized carbons (Fsp3) is 0.259.